The van der Waals surface area contributed by atoms with Crippen LogP contribution < -0.4 is 19.5 Å². The molecular formula is C32H39N4O5+. The van der Waals surface area contributed by atoms with E-state index in [4.69, 9.17) is 19.2 Å². The van der Waals surface area contributed by atoms with Gasteiger partial charge in [0, 0.05) is 37.7 Å². The number of carbonyl (C=O) groups is 2. The van der Waals surface area contributed by atoms with Crippen LogP contribution in [0, 0.1) is 0 Å². The Morgan fingerprint density at radius 3 is 2.39 bits per heavy atom. The van der Waals surface area contributed by atoms with E-state index in [9.17, 15) is 9.59 Å². The number of para-hydroxylation sites is 2. The van der Waals surface area contributed by atoms with Crippen molar-refractivity contribution >= 4 is 29.2 Å². The van der Waals surface area contributed by atoms with E-state index in [1.165, 1.54) is 4.90 Å². The molecule has 0 aliphatic carbocycles. The molecular weight excluding hydrogens is 520 g/mol. The Balaban J connectivity index is 1.72. The Kier molecular flexibility index (Phi) is 9.62. The zero-order chi connectivity index (χ0) is 29.4. The molecule has 3 aromatic carbocycles. The minimum Gasteiger partial charge on any atom is -0.493 e. The number of unbranched alkanes of at least 4 members (excludes halogenated alkanes) is 1. The van der Waals surface area contributed by atoms with Crippen LogP contribution >= 0.6 is 0 Å². The van der Waals surface area contributed by atoms with Crippen LogP contribution in [0.2, 0.25) is 0 Å². The van der Waals surface area contributed by atoms with Crippen molar-refractivity contribution in [3.63, 3.8) is 0 Å². The van der Waals surface area contributed by atoms with Crippen LogP contribution in [-0.4, -0.2) is 50.5 Å². The number of methoxy groups -OCH3 is 1. The van der Waals surface area contributed by atoms with E-state index >= 15 is 0 Å². The SMILES string of the molecule is CCCCC1=Nc2ccccc2[N+]1(Cc1ccc(OC(C(=O)OCC)c2ccccc2)c(OC)c1)NC(=O)N(C)C. The summed E-state index contributed by atoms with van der Waals surface area (Å²) in [6, 6.07) is 22.5. The lowest BCUT2D eigenvalue weighted by Crippen LogP contribution is -2.65. The topological polar surface area (TPSA) is 89.5 Å². The number of carbonyl (C=O) groups excluding carboxylic acids is 2. The molecule has 41 heavy (non-hydrogen) atoms. The molecule has 9 nitrogen and oxygen atoms in total. The van der Waals surface area contributed by atoms with Crippen molar-refractivity contribution in [3.8, 4) is 11.5 Å². The van der Waals surface area contributed by atoms with Gasteiger partial charge in [-0.2, -0.15) is 10.4 Å². The molecule has 2 unspecified atom stereocenters. The molecule has 2 atom stereocenters. The maximum atomic E-state index is 13.1. The van der Waals surface area contributed by atoms with Gasteiger partial charge in [0.15, 0.2) is 17.2 Å². The molecule has 0 radical (unpaired) electrons. The molecule has 1 aliphatic heterocycles. The van der Waals surface area contributed by atoms with Gasteiger partial charge in [-0.3, -0.25) is 0 Å². The minimum absolute atomic E-state index is 0.0754. The second-order valence-electron chi connectivity index (χ2n) is 10.0. The van der Waals surface area contributed by atoms with Gasteiger partial charge in [-0.1, -0.05) is 55.8 Å². The van der Waals surface area contributed by atoms with Crippen molar-refractivity contribution in [2.24, 2.45) is 4.99 Å². The molecule has 2 amide bonds. The van der Waals surface area contributed by atoms with Crippen molar-refractivity contribution in [2.75, 3.05) is 27.8 Å². The molecule has 0 fully saturated rings. The summed E-state index contributed by atoms with van der Waals surface area (Å²) in [5, 5.41) is 0. The number of amidine groups is 1. The maximum Gasteiger partial charge on any atom is 0.361 e. The number of ether oxygens (including phenoxy) is 3. The molecule has 3 aromatic rings. The van der Waals surface area contributed by atoms with Gasteiger partial charge < -0.3 is 19.1 Å². The second kappa shape index (κ2) is 13.3. The summed E-state index contributed by atoms with van der Waals surface area (Å²) in [5.41, 5.74) is 6.56. The first-order valence-electron chi connectivity index (χ1n) is 13.9. The van der Waals surface area contributed by atoms with Crippen LogP contribution in [0.15, 0.2) is 77.8 Å². The van der Waals surface area contributed by atoms with Gasteiger partial charge in [-0.05, 0) is 37.6 Å². The third-order valence-corrected chi connectivity index (χ3v) is 6.93. The van der Waals surface area contributed by atoms with E-state index in [-0.39, 0.29) is 17.2 Å². The van der Waals surface area contributed by atoms with Crippen LogP contribution in [0.4, 0.5) is 16.2 Å². The number of nitrogens with zero attached hydrogens (tertiary/aromatic N) is 3. The first kappa shape index (κ1) is 29.6. The third-order valence-electron chi connectivity index (χ3n) is 6.93. The highest BCUT2D eigenvalue weighted by molar-refractivity contribution is 6.03. The fourth-order valence-corrected chi connectivity index (χ4v) is 4.84. The van der Waals surface area contributed by atoms with Crippen molar-refractivity contribution in [1.29, 1.82) is 0 Å². The summed E-state index contributed by atoms with van der Waals surface area (Å²) in [7, 11) is 5.00. The van der Waals surface area contributed by atoms with Gasteiger partial charge in [0.05, 0.1) is 13.7 Å². The number of fused-ring (bicyclic) bond motifs is 1. The van der Waals surface area contributed by atoms with Gasteiger partial charge in [0.2, 0.25) is 11.9 Å². The first-order valence-corrected chi connectivity index (χ1v) is 13.9. The van der Waals surface area contributed by atoms with Crippen molar-refractivity contribution in [1.82, 2.24) is 14.9 Å². The van der Waals surface area contributed by atoms with Crippen LogP contribution in [0.1, 0.15) is 50.3 Å². The number of benzene rings is 3. The Morgan fingerprint density at radius 1 is 0.976 bits per heavy atom. The van der Waals surface area contributed by atoms with Gasteiger partial charge in [-0.15, -0.1) is 4.59 Å². The minimum atomic E-state index is -0.952. The Morgan fingerprint density at radius 2 is 1.71 bits per heavy atom. The molecule has 0 saturated heterocycles. The van der Waals surface area contributed by atoms with E-state index in [0.717, 1.165) is 42.0 Å². The lowest BCUT2D eigenvalue weighted by Gasteiger charge is -2.35. The molecule has 0 saturated carbocycles. The van der Waals surface area contributed by atoms with Crippen LogP contribution in [0.5, 0.6) is 11.5 Å². The number of nitrogens with one attached hydrogen (secondary N) is 1. The number of hydrogen-bond donors (Lipinski definition) is 1. The van der Waals surface area contributed by atoms with E-state index in [2.05, 4.69) is 12.3 Å². The number of urea groups is 1. The zero-order valence-corrected chi connectivity index (χ0v) is 24.4. The fourth-order valence-electron chi connectivity index (χ4n) is 4.84. The zero-order valence-electron chi connectivity index (χ0n) is 24.4. The number of rotatable bonds is 12. The average molecular weight is 560 g/mol. The first-order chi connectivity index (χ1) is 19.8. The lowest BCUT2D eigenvalue weighted by molar-refractivity contribution is -0.151. The number of esters is 1. The summed E-state index contributed by atoms with van der Waals surface area (Å²) < 4.78 is 17.3. The Bertz CT molecular complexity index is 1390. The molecule has 4 rings (SSSR count). The monoisotopic (exact) mass is 559 g/mol. The van der Waals surface area contributed by atoms with Crippen LogP contribution in [0.3, 0.4) is 0 Å². The lowest BCUT2D eigenvalue weighted by atomic mass is 10.1. The third kappa shape index (κ3) is 6.52. The highest BCUT2D eigenvalue weighted by Crippen LogP contribution is 2.42. The highest BCUT2D eigenvalue weighted by atomic mass is 16.6. The van der Waals surface area contributed by atoms with Crippen molar-refractivity contribution in [2.45, 2.75) is 45.8 Å². The Labute approximate surface area is 241 Å². The fraction of sp³-hybridized carbons (Fsp3) is 0.344. The quantitative estimate of drug-likeness (QED) is 0.208. The predicted molar refractivity (Wildman–Crippen MR) is 160 cm³/mol. The van der Waals surface area contributed by atoms with Crippen LogP contribution in [0.25, 0.3) is 0 Å². The summed E-state index contributed by atoms with van der Waals surface area (Å²) >= 11 is 0. The summed E-state index contributed by atoms with van der Waals surface area (Å²) in [4.78, 5) is 32.5. The number of hydrogen-bond acceptors (Lipinski definition) is 6. The second-order valence-corrected chi connectivity index (χ2v) is 10.0. The van der Waals surface area contributed by atoms with Gasteiger partial charge in [-0.25, -0.2) is 9.59 Å². The Hall–Kier alpha value is -4.37. The van der Waals surface area contributed by atoms with Crippen LogP contribution in [-0.2, 0) is 16.1 Å². The van der Waals surface area contributed by atoms with Crippen molar-refractivity contribution in [3.05, 3.63) is 83.9 Å². The molecule has 1 heterocycles. The number of aliphatic imine (C=N–C) groups is 1. The maximum absolute atomic E-state index is 13.1. The van der Waals surface area contributed by atoms with E-state index in [1.807, 2.05) is 66.7 Å². The van der Waals surface area contributed by atoms with Gasteiger partial charge >= 0.3 is 12.0 Å². The van der Waals surface area contributed by atoms with Crippen molar-refractivity contribution < 1.29 is 23.8 Å². The molecule has 0 aromatic heterocycles. The molecule has 0 spiro atoms. The molecule has 1 N–H and O–H groups in total. The largest absolute Gasteiger partial charge is 0.493 e. The number of amides is 2. The average Bonchev–Trinajstić information content (AvgIpc) is 3.27. The predicted octanol–water partition coefficient (Wildman–Crippen LogP) is 6.31. The summed E-state index contributed by atoms with van der Waals surface area (Å²) in [6.45, 7) is 4.54. The standard InChI is InChI=1S/C32H38N4O5/c1-6-8-18-29-33-25-16-12-13-17-26(25)36(29,34-32(38)35(3)4)22-23-19-20-27(28(21-23)39-5)41-30(31(37)40-7-2)24-14-10-9-11-15-24/h9-17,19-21,30H,6-8,18,22H2,1-5H3/p+1. The number of quaternary nitrogens is 1. The smallest absolute Gasteiger partial charge is 0.361 e. The van der Waals surface area contributed by atoms with Gasteiger partial charge in [0.25, 0.3) is 0 Å². The molecule has 216 valence electrons. The molecule has 0 bridgehead atoms. The van der Waals surface area contributed by atoms with Gasteiger partial charge in [0.1, 0.15) is 12.2 Å². The molecule has 9 heteroatoms. The highest BCUT2D eigenvalue weighted by Gasteiger charge is 2.46. The van der Waals surface area contributed by atoms with E-state index in [1.54, 1.807) is 34.2 Å². The normalized spacial score (nSPS) is 16.3. The summed E-state index contributed by atoms with van der Waals surface area (Å²) in [6.07, 6.45) is 1.72. The van der Waals surface area contributed by atoms with E-state index in [0.29, 0.717) is 23.6 Å². The van der Waals surface area contributed by atoms with E-state index < -0.39 is 12.1 Å². The molecule has 1 aliphatic rings. The summed E-state index contributed by atoms with van der Waals surface area (Å²) in [5.74, 6) is 1.26.